The molecule has 2 heterocycles. The third-order valence-electron chi connectivity index (χ3n) is 2.21. The van der Waals surface area contributed by atoms with Crippen LogP contribution in [0.25, 0.3) is 11.4 Å². The summed E-state index contributed by atoms with van der Waals surface area (Å²) in [4.78, 5) is 12.9. The van der Waals surface area contributed by atoms with Crippen LogP contribution in [0.4, 0.5) is 5.82 Å². The number of hydrogen-bond donors (Lipinski definition) is 1. The van der Waals surface area contributed by atoms with Crippen molar-refractivity contribution in [3.8, 4) is 11.4 Å². The van der Waals surface area contributed by atoms with Gasteiger partial charge in [0, 0.05) is 30.7 Å². The van der Waals surface area contributed by atoms with Crippen LogP contribution >= 0.6 is 22.6 Å². The lowest BCUT2D eigenvalue weighted by Gasteiger charge is -2.07. The summed E-state index contributed by atoms with van der Waals surface area (Å²) in [5, 5.41) is 3.29. The molecule has 2 aromatic rings. The van der Waals surface area contributed by atoms with E-state index in [-0.39, 0.29) is 0 Å². The maximum atomic E-state index is 4.51. The Kier molecular flexibility index (Phi) is 4.24. The highest BCUT2D eigenvalue weighted by Crippen LogP contribution is 2.19. The Hall–Kier alpha value is -1.24. The quantitative estimate of drug-likeness (QED) is 0.870. The van der Waals surface area contributed by atoms with Gasteiger partial charge in [0.15, 0.2) is 5.82 Å². The number of pyridine rings is 1. The molecule has 0 radical (unpaired) electrons. The van der Waals surface area contributed by atoms with E-state index in [2.05, 4.69) is 49.8 Å². The monoisotopic (exact) mass is 340 g/mol. The summed E-state index contributed by atoms with van der Waals surface area (Å²) in [5.74, 6) is 1.60. The van der Waals surface area contributed by atoms with Gasteiger partial charge in [-0.1, -0.05) is 6.92 Å². The zero-order chi connectivity index (χ0) is 12.1. The zero-order valence-corrected chi connectivity index (χ0v) is 11.7. The third kappa shape index (κ3) is 3.12. The van der Waals surface area contributed by atoms with Crippen LogP contribution < -0.4 is 5.32 Å². The Labute approximate surface area is 114 Å². The second-order valence-corrected chi connectivity index (χ2v) is 4.72. The van der Waals surface area contributed by atoms with E-state index < -0.39 is 0 Å². The number of nitrogens with zero attached hydrogens (tertiary/aromatic N) is 3. The molecule has 88 valence electrons. The van der Waals surface area contributed by atoms with Crippen molar-refractivity contribution in [2.75, 3.05) is 11.9 Å². The van der Waals surface area contributed by atoms with E-state index in [9.17, 15) is 0 Å². The molecule has 0 unspecified atom stereocenters. The first-order valence-electron chi connectivity index (χ1n) is 5.48. The van der Waals surface area contributed by atoms with Crippen molar-refractivity contribution in [3.63, 3.8) is 0 Å². The minimum absolute atomic E-state index is 0.706. The highest BCUT2D eigenvalue weighted by Gasteiger charge is 2.06. The summed E-state index contributed by atoms with van der Waals surface area (Å²) in [5.41, 5.74) is 0.934. The fourth-order valence-electron chi connectivity index (χ4n) is 1.37. The van der Waals surface area contributed by atoms with Gasteiger partial charge in [0.05, 0.1) is 3.57 Å². The van der Waals surface area contributed by atoms with Crippen LogP contribution in [0, 0.1) is 3.57 Å². The molecule has 0 fully saturated rings. The second kappa shape index (κ2) is 5.90. The molecule has 17 heavy (non-hydrogen) atoms. The Morgan fingerprint density at radius 1 is 1.35 bits per heavy atom. The van der Waals surface area contributed by atoms with Crippen LogP contribution in [0.3, 0.4) is 0 Å². The van der Waals surface area contributed by atoms with Crippen molar-refractivity contribution in [1.29, 1.82) is 0 Å². The maximum absolute atomic E-state index is 4.51. The molecule has 5 heteroatoms. The van der Waals surface area contributed by atoms with Crippen LogP contribution in [-0.4, -0.2) is 21.5 Å². The highest BCUT2D eigenvalue weighted by molar-refractivity contribution is 14.1. The predicted molar refractivity (Wildman–Crippen MR) is 76.8 cm³/mol. The van der Waals surface area contributed by atoms with Gasteiger partial charge in [0.2, 0.25) is 0 Å². The number of nitrogens with one attached hydrogen (secondary N) is 1. The van der Waals surface area contributed by atoms with E-state index in [1.807, 2.05) is 18.3 Å². The molecule has 2 aromatic heterocycles. The summed E-state index contributed by atoms with van der Waals surface area (Å²) in [6.45, 7) is 3.04. The Balaban J connectivity index is 2.31. The smallest absolute Gasteiger partial charge is 0.163 e. The second-order valence-electron chi connectivity index (χ2n) is 3.56. The highest BCUT2D eigenvalue weighted by atomic mass is 127. The Bertz CT molecular complexity index is 487. The molecular formula is C12H13IN4. The fourth-order valence-corrected chi connectivity index (χ4v) is 1.82. The molecule has 0 aromatic carbocycles. The molecule has 0 aliphatic carbocycles. The number of halogens is 1. The number of hydrogen-bond acceptors (Lipinski definition) is 4. The van der Waals surface area contributed by atoms with Crippen LogP contribution in [-0.2, 0) is 0 Å². The summed E-state index contributed by atoms with van der Waals surface area (Å²) in [6, 6.07) is 3.84. The Morgan fingerprint density at radius 2 is 2.24 bits per heavy atom. The van der Waals surface area contributed by atoms with Crippen LogP contribution in [0.1, 0.15) is 13.3 Å². The Morgan fingerprint density at radius 3 is 2.94 bits per heavy atom. The van der Waals surface area contributed by atoms with Gasteiger partial charge in [-0.2, -0.15) is 0 Å². The van der Waals surface area contributed by atoms with Gasteiger partial charge < -0.3 is 5.32 Å². The average Bonchev–Trinajstić information content (AvgIpc) is 2.39. The van der Waals surface area contributed by atoms with Gasteiger partial charge in [0.1, 0.15) is 5.82 Å². The lowest BCUT2D eigenvalue weighted by Crippen LogP contribution is -2.05. The van der Waals surface area contributed by atoms with Crippen molar-refractivity contribution in [2.45, 2.75) is 13.3 Å². The molecule has 0 aliphatic rings. The molecule has 0 saturated heterocycles. The molecule has 0 saturated carbocycles. The standard InChI is InChI=1S/C12H13IN4/c1-2-5-15-12-10(13)8-16-11(17-12)9-4-3-6-14-7-9/h3-4,6-8H,2,5H2,1H3,(H,15,16,17). The van der Waals surface area contributed by atoms with Gasteiger partial charge in [-0.3, -0.25) is 4.98 Å². The van der Waals surface area contributed by atoms with Crippen molar-refractivity contribution in [1.82, 2.24) is 15.0 Å². The third-order valence-corrected chi connectivity index (χ3v) is 3.00. The number of anilines is 1. The van der Waals surface area contributed by atoms with Gasteiger partial charge in [-0.15, -0.1) is 0 Å². The largest absolute Gasteiger partial charge is 0.369 e. The van der Waals surface area contributed by atoms with E-state index in [1.165, 1.54) is 0 Å². The molecular weight excluding hydrogens is 327 g/mol. The van der Waals surface area contributed by atoms with Crippen LogP contribution in [0.15, 0.2) is 30.7 Å². The topological polar surface area (TPSA) is 50.7 Å². The first kappa shape index (κ1) is 12.2. The molecule has 0 spiro atoms. The molecule has 0 aliphatic heterocycles. The van der Waals surface area contributed by atoms with Gasteiger partial charge in [-0.05, 0) is 41.1 Å². The molecule has 0 atom stereocenters. The molecule has 2 rings (SSSR count). The van der Waals surface area contributed by atoms with E-state index in [0.29, 0.717) is 5.82 Å². The van der Waals surface area contributed by atoms with Crippen LogP contribution in [0.2, 0.25) is 0 Å². The number of aromatic nitrogens is 3. The van der Waals surface area contributed by atoms with Gasteiger partial charge in [0.25, 0.3) is 0 Å². The molecule has 0 amide bonds. The van der Waals surface area contributed by atoms with E-state index >= 15 is 0 Å². The van der Waals surface area contributed by atoms with Crippen molar-refractivity contribution < 1.29 is 0 Å². The van der Waals surface area contributed by atoms with Crippen molar-refractivity contribution >= 4 is 28.4 Å². The average molecular weight is 340 g/mol. The first-order valence-corrected chi connectivity index (χ1v) is 6.56. The minimum Gasteiger partial charge on any atom is -0.369 e. The summed E-state index contributed by atoms with van der Waals surface area (Å²) in [6.07, 6.45) is 6.41. The SMILES string of the molecule is CCCNc1nc(-c2cccnc2)ncc1I. The minimum atomic E-state index is 0.706. The van der Waals surface area contributed by atoms with Crippen molar-refractivity contribution in [2.24, 2.45) is 0 Å². The fraction of sp³-hybridized carbons (Fsp3) is 0.250. The molecule has 0 bridgehead atoms. The predicted octanol–water partition coefficient (Wildman–Crippen LogP) is 2.97. The molecule has 1 N–H and O–H groups in total. The van der Waals surface area contributed by atoms with Gasteiger partial charge in [-0.25, -0.2) is 9.97 Å². The first-order chi connectivity index (χ1) is 8.31. The van der Waals surface area contributed by atoms with E-state index in [4.69, 9.17) is 0 Å². The summed E-state index contributed by atoms with van der Waals surface area (Å²) < 4.78 is 1.03. The lowest BCUT2D eigenvalue weighted by atomic mass is 10.3. The summed E-state index contributed by atoms with van der Waals surface area (Å²) in [7, 11) is 0. The normalized spacial score (nSPS) is 10.2. The van der Waals surface area contributed by atoms with Crippen LogP contribution in [0.5, 0.6) is 0 Å². The maximum Gasteiger partial charge on any atom is 0.163 e. The van der Waals surface area contributed by atoms with Gasteiger partial charge >= 0.3 is 0 Å². The number of rotatable bonds is 4. The summed E-state index contributed by atoms with van der Waals surface area (Å²) >= 11 is 2.23. The van der Waals surface area contributed by atoms with E-state index in [0.717, 1.165) is 27.9 Å². The van der Waals surface area contributed by atoms with Crippen molar-refractivity contribution in [3.05, 3.63) is 34.3 Å². The lowest BCUT2D eigenvalue weighted by molar-refractivity contribution is 0.963. The zero-order valence-electron chi connectivity index (χ0n) is 9.52. The molecule has 4 nitrogen and oxygen atoms in total. The van der Waals surface area contributed by atoms with E-state index in [1.54, 1.807) is 12.4 Å².